The number of benzene rings is 5. The van der Waals surface area contributed by atoms with Crippen molar-refractivity contribution in [2.24, 2.45) is 0 Å². The molecule has 44 heavy (non-hydrogen) atoms. The van der Waals surface area contributed by atoms with Gasteiger partial charge in [-0.1, -0.05) is 101 Å². The van der Waals surface area contributed by atoms with Gasteiger partial charge < -0.3 is 4.57 Å². The molecule has 0 unspecified atom stereocenters. The number of rotatable bonds is 0. The maximum Gasteiger partial charge on any atom is 0.249 e. The molecule has 7 aromatic rings. The second kappa shape index (κ2) is 8.01. The summed E-state index contributed by atoms with van der Waals surface area (Å²) < 4.78 is 2.56. The minimum Gasteiger partial charge on any atom is -0.310 e. The lowest BCUT2D eigenvalue weighted by Crippen LogP contribution is -2.65. The standard InChI is InChI=1S/C40H28B2N2/c1-22-14-25-18-24-8-3-5-11-30(24)41-32-21-33-35(43-34(32)19-26(15-22)38(25)41)20-27-16-23(2)17-37-39(27)42(33)31-12-7-10-29-28-9-4-6-13-36(28)44(37)40(29)31/h3-17,21H,18-20H2,1-2H3. The molecule has 204 valence electrons. The summed E-state index contributed by atoms with van der Waals surface area (Å²) in [5, 5.41) is 2.68. The highest BCUT2D eigenvalue weighted by atomic mass is 15.0. The van der Waals surface area contributed by atoms with E-state index < -0.39 is 0 Å². The van der Waals surface area contributed by atoms with Crippen molar-refractivity contribution in [3.05, 3.63) is 142 Å². The Morgan fingerprint density at radius 1 is 0.545 bits per heavy atom. The zero-order chi connectivity index (χ0) is 28.8. The Bertz CT molecular complexity index is 2470. The molecule has 0 saturated carbocycles. The van der Waals surface area contributed by atoms with Crippen LogP contribution < -0.4 is 32.8 Å². The number of hydrogen-bond donors (Lipinski definition) is 0. The number of fused-ring (bicyclic) bond motifs is 11. The molecule has 0 fully saturated rings. The van der Waals surface area contributed by atoms with Crippen molar-refractivity contribution in [1.82, 2.24) is 9.55 Å². The van der Waals surface area contributed by atoms with Crippen LogP contribution in [0.1, 0.15) is 44.8 Å². The Balaban J connectivity index is 1.23. The molecule has 4 aliphatic rings. The van der Waals surface area contributed by atoms with Crippen LogP contribution in [0.3, 0.4) is 0 Å². The zero-order valence-electron chi connectivity index (χ0n) is 24.9. The quantitative estimate of drug-likeness (QED) is 0.259. The van der Waals surface area contributed by atoms with E-state index in [2.05, 4.69) is 115 Å². The first-order valence-corrected chi connectivity index (χ1v) is 16.0. The molecule has 0 N–H and O–H groups in total. The summed E-state index contributed by atoms with van der Waals surface area (Å²) in [6.07, 6.45) is 2.84. The number of aromatic nitrogens is 2. The summed E-state index contributed by atoms with van der Waals surface area (Å²) in [6, 6.07) is 37.4. The second-order valence-electron chi connectivity index (χ2n) is 13.6. The summed E-state index contributed by atoms with van der Waals surface area (Å²) in [6.45, 7) is 4.93. The predicted molar refractivity (Wildman–Crippen MR) is 185 cm³/mol. The Hall–Kier alpha value is -4.82. The van der Waals surface area contributed by atoms with Crippen LogP contribution in [0.5, 0.6) is 0 Å². The molecule has 6 heterocycles. The first-order valence-electron chi connectivity index (χ1n) is 16.0. The van der Waals surface area contributed by atoms with Crippen molar-refractivity contribution >= 4 is 68.0 Å². The van der Waals surface area contributed by atoms with Gasteiger partial charge in [0.15, 0.2) is 0 Å². The molecule has 5 aromatic carbocycles. The minimum absolute atomic E-state index is 0.181. The largest absolute Gasteiger partial charge is 0.310 e. The van der Waals surface area contributed by atoms with E-state index in [9.17, 15) is 0 Å². The topological polar surface area (TPSA) is 17.8 Å². The van der Waals surface area contributed by atoms with Gasteiger partial charge in [-0.15, -0.1) is 0 Å². The highest BCUT2D eigenvalue weighted by Crippen LogP contribution is 2.35. The fraction of sp³-hybridized carbons (Fsp3) is 0.125. The van der Waals surface area contributed by atoms with Gasteiger partial charge in [-0.25, -0.2) is 0 Å². The Morgan fingerprint density at radius 3 is 2.02 bits per heavy atom. The second-order valence-corrected chi connectivity index (χ2v) is 13.6. The number of para-hydroxylation sites is 2. The molecule has 2 aromatic heterocycles. The molecular weight excluding hydrogens is 530 g/mol. The monoisotopic (exact) mass is 558 g/mol. The highest BCUT2D eigenvalue weighted by Gasteiger charge is 2.43. The van der Waals surface area contributed by atoms with Crippen LogP contribution >= 0.6 is 0 Å². The van der Waals surface area contributed by atoms with E-state index in [0.29, 0.717) is 0 Å². The number of nitrogens with zero attached hydrogens (tertiary/aromatic N) is 2. The van der Waals surface area contributed by atoms with Gasteiger partial charge in [0.1, 0.15) is 0 Å². The highest BCUT2D eigenvalue weighted by molar-refractivity contribution is 7.00. The van der Waals surface area contributed by atoms with Gasteiger partial charge in [0.2, 0.25) is 13.4 Å². The van der Waals surface area contributed by atoms with E-state index in [4.69, 9.17) is 4.98 Å². The Kier molecular flexibility index (Phi) is 4.30. The van der Waals surface area contributed by atoms with Gasteiger partial charge in [-0.2, -0.15) is 0 Å². The van der Waals surface area contributed by atoms with E-state index in [1.54, 1.807) is 5.46 Å². The van der Waals surface area contributed by atoms with E-state index in [1.807, 2.05) is 0 Å². The van der Waals surface area contributed by atoms with Gasteiger partial charge in [0.25, 0.3) is 0 Å². The summed E-state index contributed by atoms with van der Waals surface area (Å²) in [7, 11) is 0. The van der Waals surface area contributed by atoms with Gasteiger partial charge in [-0.05, 0) is 82.1 Å². The lowest BCUT2D eigenvalue weighted by molar-refractivity contribution is 0.998. The first kappa shape index (κ1) is 23.6. The third kappa shape index (κ3) is 2.83. The molecule has 0 spiro atoms. The lowest BCUT2D eigenvalue weighted by Gasteiger charge is -2.37. The normalized spacial score (nSPS) is 14.7. The molecule has 0 radical (unpaired) electrons. The van der Waals surface area contributed by atoms with Crippen LogP contribution in [0.25, 0.3) is 27.5 Å². The summed E-state index contributed by atoms with van der Waals surface area (Å²) in [5.41, 5.74) is 23.8. The van der Waals surface area contributed by atoms with Crippen LogP contribution in [0.15, 0.2) is 97.1 Å². The van der Waals surface area contributed by atoms with Crippen molar-refractivity contribution < 1.29 is 0 Å². The minimum atomic E-state index is 0.181. The van der Waals surface area contributed by atoms with Gasteiger partial charge >= 0.3 is 0 Å². The average molecular weight is 558 g/mol. The molecule has 0 aliphatic carbocycles. The SMILES string of the molecule is Cc1cc2c3c(c1)Cc1nc4c(cc1B3c1ccccc1C2)B1c2c(cc(C)cc2-n2c3ccccc3c3cccc1c32)C4. The molecule has 11 rings (SSSR count). The average Bonchev–Trinajstić information content (AvgIpc) is 3.37. The maximum absolute atomic E-state index is 5.64. The Morgan fingerprint density at radius 2 is 1.18 bits per heavy atom. The van der Waals surface area contributed by atoms with Gasteiger partial charge in [0.05, 0.1) is 5.52 Å². The van der Waals surface area contributed by atoms with Crippen LogP contribution in [-0.4, -0.2) is 23.0 Å². The molecule has 0 bridgehead atoms. The van der Waals surface area contributed by atoms with Crippen LogP contribution in [0.4, 0.5) is 0 Å². The molecule has 0 atom stereocenters. The third-order valence-electron chi connectivity index (χ3n) is 11.1. The van der Waals surface area contributed by atoms with Crippen LogP contribution in [0, 0.1) is 13.8 Å². The van der Waals surface area contributed by atoms with Crippen molar-refractivity contribution in [2.75, 3.05) is 0 Å². The lowest BCUT2D eigenvalue weighted by atomic mass is 9.29. The number of hydrogen-bond acceptors (Lipinski definition) is 1. The zero-order valence-corrected chi connectivity index (χ0v) is 24.9. The van der Waals surface area contributed by atoms with Gasteiger partial charge in [0, 0.05) is 46.2 Å². The van der Waals surface area contributed by atoms with Crippen molar-refractivity contribution in [3.63, 3.8) is 0 Å². The maximum atomic E-state index is 5.64. The summed E-state index contributed by atoms with van der Waals surface area (Å²) in [4.78, 5) is 5.64. The number of aryl methyl sites for hydroxylation is 2. The molecule has 2 nitrogen and oxygen atoms in total. The van der Waals surface area contributed by atoms with Crippen molar-refractivity contribution in [1.29, 1.82) is 0 Å². The van der Waals surface area contributed by atoms with E-state index in [-0.39, 0.29) is 13.4 Å². The van der Waals surface area contributed by atoms with Crippen LogP contribution in [0.2, 0.25) is 0 Å². The third-order valence-corrected chi connectivity index (χ3v) is 11.1. The van der Waals surface area contributed by atoms with Crippen molar-refractivity contribution in [3.8, 4) is 5.69 Å². The fourth-order valence-electron chi connectivity index (χ4n) is 9.57. The molecule has 4 aliphatic heterocycles. The number of pyridine rings is 1. The Labute approximate surface area is 257 Å². The van der Waals surface area contributed by atoms with Gasteiger partial charge in [-0.3, -0.25) is 4.98 Å². The molecule has 0 amide bonds. The van der Waals surface area contributed by atoms with E-state index in [1.165, 1.54) is 99.6 Å². The smallest absolute Gasteiger partial charge is 0.249 e. The van der Waals surface area contributed by atoms with E-state index in [0.717, 1.165) is 19.3 Å². The predicted octanol–water partition coefficient (Wildman–Crippen LogP) is 3.85. The summed E-state index contributed by atoms with van der Waals surface area (Å²) >= 11 is 0. The van der Waals surface area contributed by atoms with Crippen LogP contribution in [-0.2, 0) is 19.3 Å². The fourth-order valence-corrected chi connectivity index (χ4v) is 9.57. The molecule has 4 heteroatoms. The summed E-state index contributed by atoms with van der Waals surface area (Å²) in [5.74, 6) is 0. The molecular formula is C40H28B2N2. The first-order chi connectivity index (χ1) is 21.6. The van der Waals surface area contributed by atoms with Crippen molar-refractivity contribution in [2.45, 2.75) is 33.1 Å². The van der Waals surface area contributed by atoms with E-state index >= 15 is 0 Å². The molecule has 0 saturated heterocycles.